The number of ketones is 1. The molecule has 11 heteroatoms. The summed E-state index contributed by atoms with van der Waals surface area (Å²) >= 11 is 12.0. The van der Waals surface area contributed by atoms with E-state index < -0.39 is 29.6 Å². The summed E-state index contributed by atoms with van der Waals surface area (Å²) in [5.41, 5.74) is 6.45. The number of carboxylic acid groups (broad SMARTS) is 1. The van der Waals surface area contributed by atoms with Crippen LogP contribution < -0.4 is 16.4 Å². The monoisotopic (exact) mass is 502 g/mol. The Morgan fingerprint density at radius 2 is 1.68 bits per heavy atom. The number of fused-ring (bicyclic) bond motifs is 1. The summed E-state index contributed by atoms with van der Waals surface area (Å²) < 4.78 is 0. The molecular weight excluding hydrogens is 483 g/mol. The number of carbonyl (C=O) groups is 4. The lowest BCUT2D eigenvalue weighted by Crippen LogP contribution is -2.41. The molecule has 0 radical (unpaired) electrons. The topological polar surface area (TPSA) is 151 Å². The van der Waals surface area contributed by atoms with Crippen molar-refractivity contribution < 1.29 is 24.3 Å². The lowest BCUT2D eigenvalue weighted by atomic mass is 10.1. The Balaban J connectivity index is 1.55. The van der Waals surface area contributed by atoms with Crippen LogP contribution in [0.15, 0.2) is 48.5 Å². The second-order valence-electron chi connectivity index (χ2n) is 7.36. The molecule has 34 heavy (non-hydrogen) atoms. The SMILES string of the molecule is Nc1ccc2ccc(C(=O)NCC(=O)CC[C@H](NC(=O)c3c(Cl)cccc3Cl)C(=O)O)cc2n1. The number of halogens is 2. The number of hydrogen-bond acceptors (Lipinski definition) is 6. The van der Waals surface area contributed by atoms with Crippen LogP contribution >= 0.6 is 23.2 Å². The predicted octanol–water partition coefficient (Wildman–Crippen LogP) is 3.09. The zero-order valence-corrected chi connectivity index (χ0v) is 19.2. The van der Waals surface area contributed by atoms with Gasteiger partial charge < -0.3 is 21.5 Å². The quantitative estimate of drug-likeness (QED) is 0.350. The lowest BCUT2D eigenvalue weighted by Gasteiger charge is -2.15. The van der Waals surface area contributed by atoms with E-state index in [4.69, 9.17) is 28.9 Å². The Labute approximate surface area is 204 Å². The van der Waals surface area contributed by atoms with E-state index in [1.807, 2.05) is 0 Å². The van der Waals surface area contributed by atoms with Gasteiger partial charge in [-0.3, -0.25) is 14.4 Å². The number of nitrogen functional groups attached to an aromatic ring is 1. The molecule has 2 amide bonds. The van der Waals surface area contributed by atoms with Gasteiger partial charge in [-0.2, -0.15) is 0 Å². The number of nitrogens with two attached hydrogens (primary N) is 1. The van der Waals surface area contributed by atoms with Gasteiger partial charge in [0.2, 0.25) is 0 Å². The standard InChI is InChI=1S/C23H20Cl2N4O5/c24-15-2-1-3-16(25)20(15)22(32)29-17(23(33)34)8-7-14(30)11-27-21(31)13-5-4-12-6-9-19(26)28-18(12)10-13/h1-6,9-10,17H,7-8,11H2,(H2,26,28)(H,27,31)(H,29,32)(H,33,34)/t17-/m0/s1. The Hall–Kier alpha value is -3.69. The molecule has 2 aromatic carbocycles. The molecule has 0 aliphatic heterocycles. The second-order valence-corrected chi connectivity index (χ2v) is 8.18. The third-order valence-corrected chi connectivity index (χ3v) is 5.56. The molecule has 3 aromatic rings. The van der Waals surface area contributed by atoms with Gasteiger partial charge in [-0.15, -0.1) is 0 Å². The Morgan fingerprint density at radius 3 is 2.35 bits per heavy atom. The molecule has 0 spiro atoms. The molecule has 0 aliphatic carbocycles. The highest BCUT2D eigenvalue weighted by molar-refractivity contribution is 6.39. The van der Waals surface area contributed by atoms with Gasteiger partial charge in [-0.05, 0) is 42.8 Å². The molecule has 0 aliphatic rings. The number of aliphatic carboxylic acids is 1. The van der Waals surface area contributed by atoms with Crippen molar-refractivity contribution in [3.8, 4) is 0 Å². The number of carbonyl (C=O) groups excluding carboxylic acids is 3. The predicted molar refractivity (Wildman–Crippen MR) is 128 cm³/mol. The Morgan fingerprint density at radius 1 is 1.00 bits per heavy atom. The van der Waals surface area contributed by atoms with Gasteiger partial charge in [0.15, 0.2) is 5.78 Å². The number of rotatable bonds is 9. The molecule has 1 aromatic heterocycles. The van der Waals surface area contributed by atoms with Crippen molar-refractivity contribution in [3.05, 3.63) is 69.7 Å². The van der Waals surface area contributed by atoms with Crippen molar-refractivity contribution in [3.63, 3.8) is 0 Å². The molecule has 0 saturated carbocycles. The highest BCUT2D eigenvalue weighted by atomic mass is 35.5. The number of amides is 2. The Kier molecular flexibility index (Phi) is 8.04. The highest BCUT2D eigenvalue weighted by Crippen LogP contribution is 2.24. The van der Waals surface area contributed by atoms with E-state index >= 15 is 0 Å². The van der Waals surface area contributed by atoms with E-state index in [1.54, 1.807) is 36.4 Å². The fraction of sp³-hybridized carbons (Fsp3) is 0.174. The van der Waals surface area contributed by atoms with Crippen molar-refractivity contribution in [2.45, 2.75) is 18.9 Å². The minimum Gasteiger partial charge on any atom is -0.480 e. The lowest BCUT2D eigenvalue weighted by molar-refractivity contribution is -0.139. The van der Waals surface area contributed by atoms with Crippen LogP contribution in [-0.4, -0.2) is 46.2 Å². The average molecular weight is 503 g/mol. The number of anilines is 1. The third kappa shape index (κ3) is 6.21. The normalized spacial score (nSPS) is 11.6. The van der Waals surface area contributed by atoms with Gasteiger partial charge in [-0.25, -0.2) is 9.78 Å². The van der Waals surface area contributed by atoms with Gasteiger partial charge in [0.25, 0.3) is 11.8 Å². The summed E-state index contributed by atoms with van der Waals surface area (Å²) in [6.07, 6.45) is -0.374. The first kappa shape index (κ1) is 24.9. The van der Waals surface area contributed by atoms with Crippen molar-refractivity contribution in [1.82, 2.24) is 15.6 Å². The van der Waals surface area contributed by atoms with E-state index in [0.29, 0.717) is 16.9 Å². The van der Waals surface area contributed by atoms with E-state index in [-0.39, 0.29) is 35.0 Å². The smallest absolute Gasteiger partial charge is 0.326 e. The summed E-state index contributed by atoms with van der Waals surface area (Å²) in [5.74, 6) is -2.67. The zero-order chi connectivity index (χ0) is 24.8. The average Bonchev–Trinajstić information content (AvgIpc) is 2.79. The van der Waals surface area contributed by atoms with Crippen molar-refractivity contribution in [1.29, 1.82) is 0 Å². The highest BCUT2D eigenvalue weighted by Gasteiger charge is 2.24. The first-order valence-corrected chi connectivity index (χ1v) is 10.8. The number of hydrogen-bond donors (Lipinski definition) is 4. The van der Waals surface area contributed by atoms with Crippen molar-refractivity contribution >= 4 is 63.5 Å². The molecule has 176 valence electrons. The molecule has 1 heterocycles. The fourth-order valence-corrected chi connectivity index (χ4v) is 3.72. The molecule has 1 atom stereocenters. The number of carboxylic acids is 1. The number of benzene rings is 2. The van der Waals surface area contributed by atoms with Crippen LogP contribution in [0.25, 0.3) is 10.9 Å². The maximum Gasteiger partial charge on any atom is 0.326 e. The first-order valence-electron chi connectivity index (χ1n) is 10.1. The van der Waals surface area contributed by atoms with Crippen LogP contribution in [-0.2, 0) is 9.59 Å². The van der Waals surface area contributed by atoms with Crippen LogP contribution in [0.1, 0.15) is 33.6 Å². The third-order valence-electron chi connectivity index (χ3n) is 4.93. The van der Waals surface area contributed by atoms with Gasteiger partial charge in [0.05, 0.1) is 27.7 Å². The molecule has 0 saturated heterocycles. The number of nitrogens with zero attached hydrogens (tertiary/aromatic N) is 1. The summed E-state index contributed by atoms with van der Waals surface area (Å²) in [4.78, 5) is 52.8. The Bertz CT molecular complexity index is 1260. The van der Waals surface area contributed by atoms with Gasteiger partial charge >= 0.3 is 5.97 Å². The molecule has 0 bridgehead atoms. The summed E-state index contributed by atoms with van der Waals surface area (Å²) in [7, 11) is 0. The number of Topliss-reactive ketones (excluding diaryl/α,β-unsaturated/α-hetero) is 1. The minimum atomic E-state index is -1.35. The first-order chi connectivity index (χ1) is 16.2. The molecular formula is C23H20Cl2N4O5. The van der Waals surface area contributed by atoms with Crippen LogP contribution in [0.3, 0.4) is 0 Å². The summed E-state index contributed by atoms with van der Waals surface area (Å²) in [5, 5.41) is 15.2. The van der Waals surface area contributed by atoms with Crippen LogP contribution in [0.4, 0.5) is 5.82 Å². The number of pyridine rings is 1. The summed E-state index contributed by atoms with van der Waals surface area (Å²) in [6.45, 7) is -0.308. The fourth-order valence-electron chi connectivity index (χ4n) is 3.15. The molecule has 5 N–H and O–H groups in total. The van der Waals surface area contributed by atoms with E-state index in [2.05, 4.69) is 15.6 Å². The molecule has 3 rings (SSSR count). The minimum absolute atomic E-state index is 0.0534. The van der Waals surface area contributed by atoms with Crippen LogP contribution in [0.5, 0.6) is 0 Å². The largest absolute Gasteiger partial charge is 0.480 e. The maximum absolute atomic E-state index is 12.4. The van der Waals surface area contributed by atoms with Crippen LogP contribution in [0.2, 0.25) is 10.0 Å². The molecule has 0 unspecified atom stereocenters. The number of aromatic nitrogens is 1. The van der Waals surface area contributed by atoms with E-state index in [1.165, 1.54) is 12.1 Å². The second kappa shape index (κ2) is 11.0. The van der Waals surface area contributed by atoms with Gasteiger partial charge in [0.1, 0.15) is 11.9 Å². The van der Waals surface area contributed by atoms with Crippen LogP contribution in [0, 0.1) is 0 Å². The van der Waals surface area contributed by atoms with Gasteiger partial charge in [-0.1, -0.05) is 35.3 Å². The summed E-state index contributed by atoms with van der Waals surface area (Å²) in [6, 6.07) is 11.4. The molecule has 0 fully saturated rings. The number of nitrogens with one attached hydrogen (secondary N) is 2. The van der Waals surface area contributed by atoms with Gasteiger partial charge in [0, 0.05) is 17.4 Å². The van der Waals surface area contributed by atoms with Crippen molar-refractivity contribution in [2.24, 2.45) is 0 Å². The maximum atomic E-state index is 12.4. The van der Waals surface area contributed by atoms with E-state index in [9.17, 15) is 24.3 Å². The zero-order valence-electron chi connectivity index (χ0n) is 17.7. The van der Waals surface area contributed by atoms with Crippen molar-refractivity contribution in [2.75, 3.05) is 12.3 Å². The van der Waals surface area contributed by atoms with E-state index in [0.717, 1.165) is 5.39 Å². The molecule has 9 nitrogen and oxygen atoms in total.